The minimum atomic E-state index is -3.70. The molecule has 0 spiro atoms. The summed E-state index contributed by atoms with van der Waals surface area (Å²) in [6.07, 6.45) is 1.57. The number of nitrogens with zero attached hydrogens (tertiary/aromatic N) is 3. The van der Waals surface area contributed by atoms with E-state index in [0.717, 1.165) is 0 Å². The van der Waals surface area contributed by atoms with Gasteiger partial charge in [0.05, 0.1) is 36.2 Å². The van der Waals surface area contributed by atoms with E-state index < -0.39 is 9.84 Å². The number of ether oxygens (including phenoxy) is 1. The highest BCUT2D eigenvalue weighted by Gasteiger charge is 2.26. The Morgan fingerprint density at radius 1 is 1.25 bits per heavy atom. The fraction of sp³-hybridized carbons (Fsp3) is 0.391. The third kappa shape index (κ3) is 5.58. The summed E-state index contributed by atoms with van der Waals surface area (Å²) in [7, 11) is -2.16. The number of amides is 1. The number of benzene rings is 1. The van der Waals surface area contributed by atoms with Crippen LogP contribution in [0.4, 0.5) is 0 Å². The normalized spacial score (nSPS) is 11.7. The van der Waals surface area contributed by atoms with Crippen LogP contribution in [0.5, 0.6) is 5.75 Å². The zero-order valence-electron chi connectivity index (χ0n) is 18.8. The summed E-state index contributed by atoms with van der Waals surface area (Å²) in [6, 6.07) is 10.7. The van der Waals surface area contributed by atoms with Crippen molar-refractivity contribution >= 4 is 27.1 Å². The summed E-state index contributed by atoms with van der Waals surface area (Å²) >= 11 is 1.39. The number of hydrogen-bond donors (Lipinski definition) is 0. The van der Waals surface area contributed by atoms with Gasteiger partial charge in [0.25, 0.3) is 5.91 Å². The molecular weight excluding hydrogens is 446 g/mol. The SMILES string of the molecule is CCN(Cc1cnc(S(=O)(=O)Cc2cccc(OC)c2)n1CC(C)C)C(=O)c1cccs1. The molecule has 0 fully saturated rings. The predicted octanol–water partition coefficient (Wildman–Crippen LogP) is 4.25. The van der Waals surface area contributed by atoms with Gasteiger partial charge in [-0.3, -0.25) is 4.79 Å². The number of methoxy groups -OCH3 is 1. The molecule has 0 bridgehead atoms. The van der Waals surface area contributed by atoms with Crippen molar-refractivity contribution in [2.45, 2.75) is 44.8 Å². The molecule has 0 aliphatic heterocycles. The lowest BCUT2D eigenvalue weighted by atomic mass is 10.2. The number of thiophene rings is 1. The number of carbonyl (C=O) groups is 1. The Bertz CT molecular complexity index is 1150. The van der Waals surface area contributed by atoms with Crippen LogP contribution in [0, 0.1) is 5.92 Å². The molecule has 1 amide bonds. The van der Waals surface area contributed by atoms with Gasteiger partial charge in [-0.1, -0.05) is 32.0 Å². The number of rotatable bonds is 10. The molecule has 0 aliphatic carbocycles. The zero-order chi connectivity index (χ0) is 23.3. The Labute approximate surface area is 193 Å². The van der Waals surface area contributed by atoms with Gasteiger partial charge < -0.3 is 14.2 Å². The quantitative estimate of drug-likeness (QED) is 0.438. The largest absolute Gasteiger partial charge is 0.497 e. The van der Waals surface area contributed by atoms with Crippen LogP contribution < -0.4 is 4.74 Å². The molecule has 2 aromatic heterocycles. The maximum absolute atomic E-state index is 13.3. The molecular formula is C23H29N3O4S2. The first-order valence-electron chi connectivity index (χ1n) is 10.5. The van der Waals surface area contributed by atoms with Gasteiger partial charge in [0.1, 0.15) is 5.75 Å². The fourth-order valence-electron chi connectivity index (χ4n) is 3.45. The van der Waals surface area contributed by atoms with Crippen molar-refractivity contribution in [3.8, 4) is 5.75 Å². The van der Waals surface area contributed by atoms with Crippen molar-refractivity contribution in [3.63, 3.8) is 0 Å². The van der Waals surface area contributed by atoms with Crippen LogP contribution in [0.3, 0.4) is 0 Å². The van der Waals surface area contributed by atoms with Crippen molar-refractivity contribution in [2.24, 2.45) is 5.92 Å². The van der Waals surface area contributed by atoms with E-state index in [1.807, 2.05) is 32.2 Å². The molecule has 7 nitrogen and oxygen atoms in total. The number of sulfone groups is 1. The van der Waals surface area contributed by atoms with Crippen molar-refractivity contribution in [3.05, 3.63) is 64.1 Å². The number of hydrogen-bond acceptors (Lipinski definition) is 6. The van der Waals surface area contributed by atoms with E-state index in [9.17, 15) is 13.2 Å². The monoisotopic (exact) mass is 475 g/mol. The van der Waals surface area contributed by atoms with Crippen LogP contribution in [0.1, 0.15) is 41.7 Å². The summed E-state index contributed by atoms with van der Waals surface area (Å²) < 4.78 is 33.5. The number of carbonyl (C=O) groups excluding carboxylic acids is 1. The van der Waals surface area contributed by atoms with Gasteiger partial charge in [0.2, 0.25) is 15.0 Å². The van der Waals surface area contributed by atoms with E-state index in [-0.39, 0.29) is 22.7 Å². The molecule has 0 saturated carbocycles. The highest BCUT2D eigenvalue weighted by molar-refractivity contribution is 7.90. The second-order valence-corrected chi connectivity index (χ2v) is 10.8. The molecule has 0 aliphatic rings. The topological polar surface area (TPSA) is 81.5 Å². The molecule has 3 aromatic rings. The van der Waals surface area contributed by atoms with Gasteiger partial charge in [-0.2, -0.15) is 0 Å². The van der Waals surface area contributed by atoms with Gasteiger partial charge in [0.15, 0.2) is 0 Å². The molecule has 32 heavy (non-hydrogen) atoms. The van der Waals surface area contributed by atoms with Crippen LogP contribution in [0.2, 0.25) is 0 Å². The Balaban J connectivity index is 1.92. The molecule has 3 rings (SSSR count). The van der Waals surface area contributed by atoms with E-state index in [0.29, 0.717) is 41.5 Å². The number of aromatic nitrogens is 2. The van der Waals surface area contributed by atoms with E-state index >= 15 is 0 Å². The van der Waals surface area contributed by atoms with Crippen molar-refractivity contribution in [2.75, 3.05) is 13.7 Å². The molecule has 0 N–H and O–H groups in total. The Morgan fingerprint density at radius 2 is 2.03 bits per heavy atom. The van der Waals surface area contributed by atoms with Gasteiger partial charge in [0, 0.05) is 13.1 Å². The van der Waals surface area contributed by atoms with Gasteiger partial charge in [-0.05, 0) is 42.0 Å². The van der Waals surface area contributed by atoms with Crippen LogP contribution in [0.25, 0.3) is 0 Å². The molecule has 0 atom stereocenters. The second kappa shape index (κ2) is 10.3. The molecule has 172 valence electrons. The predicted molar refractivity (Wildman–Crippen MR) is 126 cm³/mol. The van der Waals surface area contributed by atoms with Crippen LogP contribution in [-0.2, 0) is 28.7 Å². The maximum Gasteiger partial charge on any atom is 0.264 e. The standard InChI is InChI=1S/C23H29N3O4S2/c1-5-25(22(27)21-10-7-11-31-21)15-19-13-24-23(26(19)14-17(2)3)32(28,29)16-18-8-6-9-20(12-18)30-4/h6-13,17H,5,14-16H2,1-4H3. The highest BCUT2D eigenvalue weighted by atomic mass is 32.2. The first-order valence-corrected chi connectivity index (χ1v) is 13.0. The summed E-state index contributed by atoms with van der Waals surface area (Å²) in [6.45, 7) is 7.26. The second-order valence-electron chi connectivity index (χ2n) is 7.94. The third-order valence-electron chi connectivity index (χ3n) is 4.97. The molecule has 9 heteroatoms. The molecule has 2 heterocycles. The third-order valence-corrected chi connectivity index (χ3v) is 7.43. The minimum absolute atomic E-state index is 0.0312. The summed E-state index contributed by atoms with van der Waals surface area (Å²) in [4.78, 5) is 19.5. The fourth-order valence-corrected chi connectivity index (χ4v) is 5.63. The van der Waals surface area contributed by atoms with Gasteiger partial charge in [-0.25, -0.2) is 13.4 Å². The lowest BCUT2D eigenvalue weighted by molar-refractivity contribution is 0.0753. The van der Waals surface area contributed by atoms with Crippen LogP contribution >= 0.6 is 11.3 Å². The zero-order valence-corrected chi connectivity index (χ0v) is 20.4. The average molecular weight is 476 g/mol. The van der Waals surface area contributed by atoms with Gasteiger partial charge >= 0.3 is 0 Å². The van der Waals surface area contributed by atoms with E-state index in [2.05, 4.69) is 4.98 Å². The maximum atomic E-state index is 13.3. The lowest BCUT2D eigenvalue weighted by Gasteiger charge is -2.22. The van der Waals surface area contributed by atoms with Crippen molar-refractivity contribution in [1.82, 2.24) is 14.5 Å². The van der Waals surface area contributed by atoms with Crippen molar-refractivity contribution < 1.29 is 17.9 Å². The summed E-state index contributed by atoms with van der Waals surface area (Å²) in [5.74, 6) is 0.566. The molecule has 0 unspecified atom stereocenters. The Morgan fingerprint density at radius 3 is 2.66 bits per heavy atom. The van der Waals surface area contributed by atoms with E-state index in [1.165, 1.54) is 11.3 Å². The van der Waals surface area contributed by atoms with Gasteiger partial charge in [-0.15, -0.1) is 11.3 Å². The first kappa shape index (κ1) is 24.0. The summed E-state index contributed by atoms with van der Waals surface area (Å²) in [5.41, 5.74) is 1.34. The minimum Gasteiger partial charge on any atom is -0.497 e. The van der Waals surface area contributed by atoms with E-state index in [4.69, 9.17) is 4.74 Å². The Kier molecular flexibility index (Phi) is 7.73. The first-order chi connectivity index (χ1) is 15.2. The lowest BCUT2D eigenvalue weighted by Crippen LogP contribution is -2.31. The summed E-state index contributed by atoms with van der Waals surface area (Å²) in [5, 5.41) is 1.90. The van der Waals surface area contributed by atoms with Crippen LogP contribution in [0.15, 0.2) is 53.1 Å². The molecule has 1 aromatic carbocycles. The highest BCUT2D eigenvalue weighted by Crippen LogP contribution is 2.23. The van der Waals surface area contributed by atoms with Crippen LogP contribution in [-0.4, -0.2) is 42.4 Å². The average Bonchev–Trinajstić information content (AvgIpc) is 3.42. The smallest absolute Gasteiger partial charge is 0.264 e. The van der Waals surface area contributed by atoms with E-state index in [1.54, 1.807) is 53.1 Å². The molecule has 0 radical (unpaired) electrons. The van der Waals surface area contributed by atoms with Crippen molar-refractivity contribution in [1.29, 1.82) is 0 Å². The Hall–Kier alpha value is -2.65. The number of imidazole rings is 1. The molecule has 0 saturated heterocycles.